The van der Waals surface area contributed by atoms with Crippen molar-refractivity contribution < 1.29 is 14.4 Å². The molecule has 2 heterocycles. The standard InChI is InChI=1S/C24H26N2O2S/c27-24(23(19-8-3-1-4-9-19)20-10-5-2-6-11-20)25-18-21(22-12-7-17-29-22)26-13-15-28-16-14-26/h1-12,17,21,23H,13-16,18H2,(H,25,27)/p+1/t21-/m1/s1. The monoisotopic (exact) mass is 407 g/mol. The van der Waals surface area contributed by atoms with E-state index in [1.165, 1.54) is 9.78 Å². The third-order valence-electron chi connectivity index (χ3n) is 5.52. The van der Waals surface area contributed by atoms with Crippen LogP contribution in [0.15, 0.2) is 78.2 Å². The summed E-state index contributed by atoms with van der Waals surface area (Å²) >= 11 is 1.76. The molecule has 2 N–H and O–H groups in total. The third-order valence-corrected chi connectivity index (χ3v) is 6.51. The number of carbonyl (C=O) groups excluding carboxylic acids is 1. The van der Waals surface area contributed by atoms with Crippen molar-refractivity contribution in [1.82, 2.24) is 5.32 Å². The number of amides is 1. The molecule has 29 heavy (non-hydrogen) atoms. The topological polar surface area (TPSA) is 42.8 Å². The predicted octanol–water partition coefficient (Wildman–Crippen LogP) is 2.65. The summed E-state index contributed by atoms with van der Waals surface area (Å²) in [7, 11) is 0. The molecule has 1 aliphatic heterocycles. The van der Waals surface area contributed by atoms with Gasteiger partial charge in [0.15, 0.2) is 0 Å². The molecule has 4 nitrogen and oxygen atoms in total. The minimum atomic E-state index is -0.305. The first kappa shape index (κ1) is 19.8. The molecular weight excluding hydrogens is 380 g/mol. The first-order valence-corrected chi connectivity index (χ1v) is 11.0. The Kier molecular flexibility index (Phi) is 6.72. The maximum atomic E-state index is 13.4. The molecule has 1 amide bonds. The largest absolute Gasteiger partial charge is 0.370 e. The lowest BCUT2D eigenvalue weighted by Crippen LogP contribution is -3.15. The molecule has 1 fully saturated rings. The highest BCUT2D eigenvalue weighted by atomic mass is 32.1. The van der Waals surface area contributed by atoms with E-state index in [-0.39, 0.29) is 17.9 Å². The molecule has 0 aliphatic carbocycles. The Morgan fingerprint density at radius 3 is 2.10 bits per heavy atom. The molecular formula is C24H27N2O2S+. The number of quaternary nitrogens is 1. The third kappa shape index (κ3) is 4.93. The maximum Gasteiger partial charge on any atom is 0.232 e. The van der Waals surface area contributed by atoms with Crippen molar-refractivity contribution in [3.05, 3.63) is 94.2 Å². The number of morpholine rings is 1. The zero-order valence-corrected chi connectivity index (χ0v) is 17.2. The number of benzene rings is 2. The average molecular weight is 408 g/mol. The Bertz CT molecular complexity index is 838. The first-order valence-electron chi connectivity index (χ1n) is 10.2. The van der Waals surface area contributed by atoms with E-state index < -0.39 is 0 Å². The van der Waals surface area contributed by atoms with Crippen LogP contribution in [0.2, 0.25) is 0 Å². The molecule has 1 atom stereocenters. The Labute approximate surface area is 176 Å². The van der Waals surface area contributed by atoms with E-state index in [0.29, 0.717) is 6.54 Å². The second-order valence-electron chi connectivity index (χ2n) is 7.34. The molecule has 150 valence electrons. The maximum absolute atomic E-state index is 13.4. The molecule has 0 saturated carbocycles. The summed E-state index contributed by atoms with van der Waals surface area (Å²) in [5.41, 5.74) is 2.03. The van der Waals surface area contributed by atoms with Gasteiger partial charge in [-0.2, -0.15) is 0 Å². The first-order chi connectivity index (χ1) is 14.3. The van der Waals surface area contributed by atoms with Crippen LogP contribution in [-0.2, 0) is 9.53 Å². The van der Waals surface area contributed by atoms with Crippen molar-refractivity contribution >= 4 is 17.2 Å². The second kappa shape index (κ2) is 9.83. The van der Waals surface area contributed by atoms with Crippen molar-refractivity contribution in [1.29, 1.82) is 0 Å². The van der Waals surface area contributed by atoms with Gasteiger partial charge in [0.1, 0.15) is 19.1 Å². The molecule has 1 aliphatic rings. The van der Waals surface area contributed by atoms with E-state index in [1.54, 1.807) is 11.3 Å². The van der Waals surface area contributed by atoms with Gasteiger partial charge in [-0.05, 0) is 22.6 Å². The molecule has 0 radical (unpaired) electrons. The SMILES string of the molecule is O=C(NC[C@H](c1cccs1)[NH+]1CCOCC1)C(c1ccccc1)c1ccccc1. The van der Waals surface area contributed by atoms with Crippen molar-refractivity contribution in [3.8, 4) is 0 Å². The quantitative estimate of drug-likeness (QED) is 0.632. The molecule has 4 rings (SSSR count). The number of hydrogen-bond acceptors (Lipinski definition) is 3. The highest BCUT2D eigenvalue weighted by molar-refractivity contribution is 7.10. The van der Waals surface area contributed by atoms with Crippen molar-refractivity contribution in [2.75, 3.05) is 32.8 Å². The number of nitrogens with one attached hydrogen (secondary N) is 2. The van der Waals surface area contributed by atoms with Gasteiger partial charge in [0.2, 0.25) is 5.91 Å². The Morgan fingerprint density at radius 2 is 1.55 bits per heavy atom. The van der Waals surface area contributed by atoms with E-state index in [2.05, 4.69) is 22.8 Å². The highest BCUT2D eigenvalue weighted by Gasteiger charge is 2.29. The fourth-order valence-electron chi connectivity index (χ4n) is 4.01. The summed E-state index contributed by atoms with van der Waals surface area (Å²) in [6.07, 6.45) is 0. The van der Waals surface area contributed by atoms with E-state index in [0.717, 1.165) is 37.4 Å². The minimum Gasteiger partial charge on any atom is -0.370 e. The molecule has 0 unspecified atom stereocenters. The lowest BCUT2D eigenvalue weighted by molar-refractivity contribution is -0.937. The molecule has 5 heteroatoms. The molecule has 1 aromatic heterocycles. The van der Waals surface area contributed by atoms with Crippen LogP contribution in [0.25, 0.3) is 0 Å². The van der Waals surface area contributed by atoms with Gasteiger partial charge in [0, 0.05) is 0 Å². The summed E-state index contributed by atoms with van der Waals surface area (Å²) in [5.74, 6) is -0.252. The fraction of sp³-hybridized carbons (Fsp3) is 0.292. The van der Waals surface area contributed by atoms with Crippen LogP contribution < -0.4 is 10.2 Å². The molecule has 0 spiro atoms. The van der Waals surface area contributed by atoms with Crippen LogP contribution in [0, 0.1) is 0 Å². The van der Waals surface area contributed by atoms with Crippen molar-refractivity contribution in [3.63, 3.8) is 0 Å². The fourth-order valence-corrected chi connectivity index (χ4v) is 4.89. The zero-order chi connectivity index (χ0) is 19.9. The zero-order valence-electron chi connectivity index (χ0n) is 16.4. The van der Waals surface area contributed by atoms with Crippen LogP contribution in [0.4, 0.5) is 0 Å². The van der Waals surface area contributed by atoms with E-state index in [1.807, 2.05) is 60.7 Å². The summed E-state index contributed by atoms with van der Waals surface area (Å²) < 4.78 is 5.54. The van der Waals surface area contributed by atoms with E-state index in [9.17, 15) is 4.79 Å². The van der Waals surface area contributed by atoms with Gasteiger partial charge < -0.3 is 15.0 Å². The number of carbonyl (C=O) groups is 1. The number of rotatable bonds is 7. The average Bonchev–Trinajstić information content (AvgIpc) is 3.31. The van der Waals surface area contributed by atoms with Gasteiger partial charge >= 0.3 is 0 Å². The summed E-state index contributed by atoms with van der Waals surface area (Å²) in [6, 6.07) is 24.6. The smallest absolute Gasteiger partial charge is 0.232 e. The van der Waals surface area contributed by atoms with Crippen LogP contribution in [0.5, 0.6) is 0 Å². The lowest BCUT2D eigenvalue weighted by atomic mass is 9.90. The van der Waals surface area contributed by atoms with E-state index >= 15 is 0 Å². The van der Waals surface area contributed by atoms with Crippen LogP contribution >= 0.6 is 11.3 Å². The van der Waals surface area contributed by atoms with Crippen LogP contribution in [0.1, 0.15) is 28.0 Å². The molecule has 0 bridgehead atoms. The Balaban J connectivity index is 1.53. The Hall–Kier alpha value is -2.47. The van der Waals surface area contributed by atoms with Gasteiger partial charge in [-0.25, -0.2) is 0 Å². The number of hydrogen-bond donors (Lipinski definition) is 2. The van der Waals surface area contributed by atoms with Gasteiger partial charge in [0.25, 0.3) is 0 Å². The normalized spacial score (nSPS) is 15.9. The minimum absolute atomic E-state index is 0.0524. The van der Waals surface area contributed by atoms with Gasteiger partial charge in [-0.3, -0.25) is 4.79 Å². The number of thiophene rings is 1. The van der Waals surface area contributed by atoms with Crippen LogP contribution in [0.3, 0.4) is 0 Å². The van der Waals surface area contributed by atoms with Crippen LogP contribution in [-0.4, -0.2) is 38.8 Å². The van der Waals surface area contributed by atoms with Crippen molar-refractivity contribution in [2.24, 2.45) is 0 Å². The van der Waals surface area contributed by atoms with E-state index in [4.69, 9.17) is 4.74 Å². The summed E-state index contributed by atoms with van der Waals surface area (Å²) in [4.78, 5) is 16.2. The summed E-state index contributed by atoms with van der Waals surface area (Å²) in [6.45, 7) is 4.13. The molecule has 1 saturated heterocycles. The predicted molar refractivity (Wildman–Crippen MR) is 116 cm³/mol. The Morgan fingerprint density at radius 1 is 0.931 bits per heavy atom. The molecule has 2 aromatic carbocycles. The summed E-state index contributed by atoms with van der Waals surface area (Å²) in [5, 5.41) is 5.38. The van der Waals surface area contributed by atoms with Gasteiger partial charge in [0.05, 0.1) is 30.6 Å². The highest BCUT2D eigenvalue weighted by Crippen LogP contribution is 2.25. The molecule has 3 aromatic rings. The number of ether oxygens (including phenoxy) is 1. The lowest BCUT2D eigenvalue weighted by Gasteiger charge is -2.31. The second-order valence-corrected chi connectivity index (χ2v) is 8.32. The van der Waals surface area contributed by atoms with Gasteiger partial charge in [-0.15, -0.1) is 11.3 Å². The van der Waals surface area contributed by atoms with Crippen molar-refractivity contribution in [2.45, 2.75) is 12.0 Å². The van der Waals surface area contributed by atoms with Gasteiger partial charge in [-0.1, -0.05) is 66.7 Å².